The average Bonchev–Trinajstić information content (AvgIpc) is 3.93. The number of imidazole rings is 2. The highest BCUT2D eigenvalue weighted by molar-refractivity contribution is 7.17. The number of nitrogens with zero attached hydrogens (tertiary/aromatic N) is 6. The van der Waals surface area contributed by atoms with Crippen molar-refractivity contribution in [2.24, 2.45) is 0 Å². The highest BCUT2D eigenvalue weighted by atomic mass is 32.1. The number of thiazole rings is 2. The van der Waals surface area contributed by atoms with Gasteiger partial charge < -0.3 is 16.4 Å². The summed E-state index contributed by atoms with van der Waals surface area (Å²) >= 11 is 3.48. The lowest BCUT2D eigenvalue weighted by molar-refractivity contribution is 1.11. The molecule has 0 saturated heterocycles. The van der Waals surface area contributed by atoms with Gasteiger partial charge in [0.1, 0.15) is 11.6 Å². The van der Waals surface area contributed by atoms with Crippen LogP contribution >= 0.6 is 22.7 Å². The number of nitrogens with one attached hydrogen (secondary N) is 2. The van der Waals surface area contributed by atoms with Crippen LogP contribution in [0.5, 0.6) is 0 Å². The zero-order valence-corrected chi connectivity index (χ0v) is 38.2. The molecule has 0 spiro atoms. The van der Waals surface area contributed by atoms with Crippen LogP contribution in [0.1, 0.15) is 71.2 Å². The number of aromatic nitrogens is 6. The minimum absolute atomic E-state index is 0.834. The molecule has 0 amide bonds. The van der Waals surface area contributed by atoms with Crippen LogP contribution in [-0.2, 0) is 0 Å². The van der Waals surface area contributed by atoms with Gasteiger partial charge in [-0.3, -0.25) is 8.80 Å². The van der Waals surface area contributed by atoms with Crippen LogP contribution in [-0.4, -0.2) is 42.8 Å². The number of nitrogen functional groups attached to an aromatic ring is 1. The molecule has 58 heavy (non-hydrogen) atoms. The number of fused-ring (bicyclic) bond motifs is 2. The van der Waals surface area contributed by atoms with Gasteiger partial charge in [-0.1, -0.05) is 0 Å². The van der Waals surface area contributed by atoms with Gasteiger partial charge in [0.15, 0.2) is 9.92 Å². The molecule has 0 aliphatic heterocycles. The van der Waals surface area contributed by atoms with Crippen molar-refractivity contribution in [1.82, 2.24) is 28.7 Å². The molecular weight excluding hydrogens is 755 g/mol. The summed E-state index contributed by atoms with van der Waals surface area (Å²) in [7, 11) is 3.79. The zero-order chi connectivity index (χ0) is 42.1. The van der Waals surface area contributed by atoms with Crippen LogP contribution < -0.4 is 16.4 Å². The van der Waals surface area contributed by atoms with E-state index in [1.165, 1.54) is 65.6 Å². The van der Waals surface area contributed by atoms with Crippen molar-refractivity contribution in [3.63, 3.8) is 0 Å². The topological polar surface area (TPSA) is 110 Å². The van der Waals surface area contributed by atoms with E-state index in [0.29, 0.717) is 0 Å². The number of rotatable bonds is 6. The van der Waals surface area contributed by atoms with Crippen LogP contribution in [0.15, 0.2) is 36.7 Å². The number of nitrogens with two attached hydrogens (primary N) is 1. The van der Waals surface area contributed by atoms with Crippen LogP contribution in [0.4, 0.5) is 17.3 Å². The molecule has 2 aromatic carbocycles. The van der Waals surface area contributed by atoms with E-state index in [4.69, 9.17) is 15.7 Å². The number of benzene rings is 2. The van der Waals surface area contributed by atoms with Crippen LogP contribution in [0.3, 0.4) is 0 Å². The summed E-state index contributed by atoms with van der Waals surface area (Å²) < 4.78 is 4.59. The number of hydrogen-bond donors (Lipinski definition) is 3. The summed E-state index contributed by atoms with van der Waals surface area (Å²) in [5, 5.41) is 6.31. The summed E-state index contributed by atoms with van der Waals surface area (Å²) in [6.07, 6.45) is 3.71. The first-order chi connectivity index (χ1) is 27.5. The van der Waals surface area contributed by atoms with E-state index in [1.807, 2.05) is 26.5 Å². The zero-order valence-electron chi connectivity index (χ0n) is 36.5. The first-order valence-corrected chi connectivity index (χ1v) is 21.3. The number of anilines is 3. The van der Waals surface area contributed by atoms with Crippen molar-refractivity contribution in [2.75, 3.05) is 30.5 Å². The van der Waals surface area contributed by atoms with E-state index in [9.17, 15) is 0 Å². The van der Waals surface area contributed by atoms with Crippen molar-refractivity contribution in [3.05, 3.63) is 108 Å². The largest absolute Gasteiger partial charge is 0.398 e. The molecule has 0 aliphatic carbocycles. The maximum Gasteiger partial charge on any atom is 0.195 e. The van der Waals surface area contributed by atoms with Gasteiger partial charge in [0.05, 0.1) is 22.8 Å². The lowest BCUT2D eigenvalue weighted by Crippen LogP contribution is -2.03. The highest BCUT2D eigenvalue weighted by Crippen LogP contribution is 2.44. The third-order valence-electron chi connectivity index (χ3n) is 12.6. The van der Waals surface area contributed by atoms with E-state index >= 15 is 0 Å². The standard InChI is InChI=1S/C24H28N4S.C23H27N5S/c1-12-13(2)15(4)21(16(5)14(12)3)22-23(19-9-10-26-20(11-19)25-8)28-17(6)18(7)29-24(28)27-22;1-11-12(2)19(14(4)20(24)13(11)3)21-22(17-8-9-26-18(10-17)25-7)28-15(5)16(6)29-23(28)27-21/h9-11H,1-8H3,(H,25,26);8-10H,24H2,1-7H3,(H,25,26). The van der Waals surface area contributed by atoms with Crippen molar-refractivity contribution >= 4 is 49.9 Å². The number of aryl methyl sites for hydroxylation is 4. The van der Waals surface area contributed by atoms with Gasteiger partial charge in [-0.2, -0.15) is 0 Å². The van der Waals surface area contributed by atoms with Gasteiger partial charge >= 0.3 is 0 Å². The van der Waals surface area contributed by atoms with Crippen molar-refractivity contribution in [2.45, 2.75) is 90.0 Å². The van der Waals surface area contributed by atoms with E-state index < -0.39 is 0 Å². The molecular formula is C47H55N9S2. The Kier molecular flexibility index (Phi) is 10.8. The SMILES string of the molecule is CNc1cc(-c2c(-c3c(C)c(C)c(C)c(C)c3C)nc3sc(C)c(C)n23)ccn1.CNc1cc(-c2c(-c3c(C)c(C)c(C)c(N)c3C)nc3sc(C)c(C)n23)ccn1. The summed E-state index contributed by atoms with van der Waals surface area (Å²) in [5.41, 5.74) is 30.1. The molecule has 11 heteroatoms. The summed E-state index contributed by atoms with van der Waals surface area (Å²) in [5.74, 6) is 1.69. The Morgan fingerprint density at radius 3 is 1.26 bits per heavy atom. The Balaban J connectivity index is 0.000000177. The van der Waals surface area contributed by atoms with E-state index in [-0.39, 0.29) is 0 Å². The second-order valence-electron chi connectivity index (χ2n) is 15.5. The van der Waals surface area contributed by atoms with Crippen molar-refractivity contribution in [3.8, 4) is 45.0 Å². The van der Waals surface area contributed by atoms with Gasteiger partial charge in [-0.15, -0.1) is 22.7 Å². The molecule has 300 valence electrons. The third kappa shape index (κ3) is 6.44. The molecule has 6 heterocycles. The van der Waals surface area contributed by atoms with Gasteiger partial charge in [0.2, 0.25) is 0 Å². The Morgan fingerprint density at radius 1 is 0.500 bits per heavy atom. The Bertz CT molecular complexity index is 2660. The maximum absolute atomic E-state index is 6.50. The Labute approximate surface area is 350 Å². The lowest BCUT2D eigenvalue weighted by Gasteiger charge is -2.19. The molecule has 0 saturated carbocycles. The lowest BCUT2D eigenvalue weighted by atomic mass is 9.87. The molecule has 0 radical (unpaired) electrons. The first kappa shape index (κ1) is 40.7. The molecule has 0 unspecified atom stereocenters. The smallest absolute Gasteiger partial charge is 0.195 e. The van der Waals surface area contributed by atoms with E-state index in [0.717, 1.165) is 77.8 Å². The van der Waals surface area contributed by atoms with Gasteiger partial charge in [0, 0.05) is 75.6 Å². The molecule has 8 rings (SSSR count). The van der Waals surface area contributed by atoms with Gasteiger partial charge in [-0.25, -0.2) is 19.9 Å². The second kappa shape index (κ2) is 15.3. The van der Waals surface area contributed by atoms with Crippen LogP contribution in [0.25, 0.3) is 55.0 Å². The third-order valence-corrected chi connectivity index (χ3v) is 14.7. The number of pyridine rings is 2. The first-order valence-electron chi connectivity index (χ1n) is 19.7. The maximum atomic E-state index is 6.50. The fraction of sp³-hybridized carbons (Fsp3) is 0.319. The summed E-state index contributed by atoms with van der Waals surface area (Å²) in [4.78, 5) is 23.7. The van der Waals surface area contributed by atoms with Crippen LogP contribution in [0, 0.1) is 90.0 Å². The molecule has 0 bridgehead atoms. The molecule has 6 aromatic heterocycles. The monoisotopic (exact) mass is 809 g/mol. The minimum atomic E-state index is 0.834. The average molecular weight is 810 g/mol. The predicted molar refractivity (Wildman–Crippen MR) is 249 cm³/mol. The second-order valence-corrected chi connectivity index (χ2v) is 17.9. The Morgan fingerprint density at radius 2 is 0.862 bits per heavy atom. The summed E-state index contributed by atoms with van der Waals surface area (Å²) in [6, 6.07) is 8.32. The fourth-order valence-electron chi connectivity index (χ4n) is 8.18. The molecule has 8 aromatic rings. The quantitative estimate of drug-likeness (QED) is 0.143. The van der Waals surface area contributed by atoms with Crippen molar-refractivity contribution < 1.29 is 0 Å². The highest BCUT2D eigenvalue weighted by Gasteiger charge is 2.26. The fourth-order valence-corrected chi connectivity index (χ4v) is 10.1. The molecule has 0 atom stereocenters. The van der Waals surface area contributed by atoms with Gasteiger partial charge in [0.25, 0.3) is 0 Å². The Hall–Kier alpha value is -5.52. The molecule has 0 fully saturated rings. The summed E-state index contributed by atoms with van der Waals surface area (Å²) in [6.45, 7) is 28.3. The van der Waals surface area contributed by atoms with Crippen molar-refractivity contribution in [1.29, 1.82) is 0 Å². The molecule has 4 N–H and O–H groups in total. The predicted octanol–water partition coefficient (Wildman–Crippen LogP) is 11.9. The normalized spacial score (nSPS) is 11.4. The van der Waals surface area contributed by atoms with Crippen LogP contribution in [0.2, 0.25) is 0 Å². The number of hydrogen-bond acceptors (Lipinski definition) is 9. The van der Waals surface area contributed by atoms with E-state index in [2.05, 4.69) is 144 Å². The minimum Gasteiger partial charge on any atom is -0.398 e. The van der Waals surface area contributed by atoms with E-state index in [1.54, 1.807) is 22.7 Å². The van der Waals surface area contributed by atoms with Gasteiger partial charge in [-0.05, 0) is 164 Å². The molecule has 0 aliphatic rings. The molecule has 9 nitrogen and oxygen atoms in total.